The van der Waals surface area contributed by atoms with E-state index in [4.69, 9.17) is 0 Å². The number of carbonyl (C=O) groups is 1. The summed E-state index contributed by atoms with van der Waals surface area (Å²) < 4.78 is 0. The van der Waals surface area contributed by atoms with E-state index >= 15 is 0 Å². The van der Waals surface area contributed by atoms with Gasteiger partial charge in [-0.25, -0.2) is 4.98 Å². The van der Waals surface area contributed by atoms with Gasteiger partial charge >= 0.3 is 0 Å². The predicted molar refractivity (Wildman–Crippen MR) is 120 cm³/mol. The first-order chi connectivity index (χ1) is 15.2. The van der Waals surface area contributed by atoms with Gasteiger partial charge in [-0.1, -0.05) is 6.42 Å². The maximum absolute atomic E-state index is 12.4. The second-order valence-electron chi connectivity index (χ2n) is 8.86. The second kappa shape index (κ2) is 7.20. The molecular weight excluding hydrogens is 388 g/mol. The van der Waals surface area contributed by atoms with Crippen LogP contribution in [0.15, 0.2) is 42.7 Å². The lowest BCUT2D eigenvalue weighted by molar-refractivity contribution is 0.0893. The molecule has 7 heteroatoms. The average molecular weight is 415 g/mol. The molecule has 0 radical (unpaired) electrons. The Bertz CT molecular complexity index is 1130. The van der Waals surface area contributed by atoms with Gasteiger partial charge in [0.1, 0.15) is 5.82 Å². The fraction of sp³-hybridized carbons (Fsp3) is 0.375. The summed E-state index contributed by atoms with van der Waals surface area (Å²) in [5.74, 6) is 1.03. The number of aromatic nitrogens is 3. The molecule has 0 bridgehead atoms. The van der Waals surface area contributed by atoms with E-state index in [1.165, 1.54) is 6.42 Å². The zero-order chi connectivity index (χ0) is 20.8. The number of H-pyrrole nitrogens is 1. The Labute approximate surface area is 181 Å². The van der Waals surface area contributed by atoms with E-state index < -0.39 is 0 Å². The highest BCUT2D eigenvalue weighted by atomic mass is 16.1. The molecule has 3 aromatic heterocycles. The fourth-order valence-corrected chi connectivity index (χ4v) is 5.05. The lowest BCUT2D eigenvalue weighted by Crippen LogP contribution is -2.50. The molecule has 31 heavy (non-hydrogen) atoms. The van der Waals surface area contributed by atoms with E-state index in [1.807, 2.05) is 24.5 Å². The standard InChI is InChI=1S/C24H26N6O/c31-23-18-13-20(29-22(18)24(15-28-23)5-1-6-24)16-4-7-26-19(12-16)17-2-3-21(27-14-17)30-10-8-25-9-11-30/h2-4,7,12-14,25,29H,1,5-6,8-11,15H2,(H,28,31). The van der Waals surface area contributed by atoms with Crippen LogP contribution in [0, 0.1) is 0 Å². The molecule has 1 aliphatic carbocycles. The van der Waals surface area contributed by atoms with Crippen LogP contribution in [-0.2, 0) is 5.41 Å². The number of hydrogen-bond donors (Lipinski definition) is 3. The number of fused-ring (bicyclic) bond motifs is 2. The molecule has 1 saturated heterocycles. The van der Waals surface area contributed by atoms with Crippen LogP contribution in [0.4, 0.5) is 5.82 Å². The SMILES string of the molecule is O=C1NCC2(CCC2)c2[nH]c(-c3ccnc(-c4ccc(N5CCNCC5)nc4)c3)cc21. The van der Waals surface area contributed by atoms with Crippen molar-refractivity contribution in [3.63, 3.8) is 0 Å². The first-order valence-corrected chi connectivity index (χ1v) is 11.1. The number of pyridine rings is 2. The van der Waals surface area contributed by atoms with Crippen LogP contribution in [0.25, 0.3) is 22.5 Å². The molecule has 1 saturated carbocycles. The predicted octanol–water partition coefficient (Wildman–Crippen LogP) is 2.71. The number of hydrogen-bond acceptors (Lipinski definition) is 5. The molecule has 2 fully saturated rings. The molecule has 2 aliphatic heterocycles. The number of nitrogens with one attached hydrogen (secondary N) is 3. The highest BCUT2D eigenvalue weighted by Crippen LogP contribution is 2.46. The summed E-state index contributed by atoms with van der Waals surface area (Å²) in [4.78, 5) is 27.6. The van der Waals surface area contributed by atoms with Crippen molar-refractivity contribution >= 4 is 11.7 Å². The number of nitrogens with zero attached hydrogens (tertiary/aromatic N) is 3. The van der Waals surface area contributed by atoms with Gasteiger partial charge in [-0.3, -0.25) is 9.78 Å². The zero-order valence-electron chi connectivity index (χ0n) is 17.4. The monoisotopic (exact) mass is 414 g/mol. The van der Waals surface area contributed by atoms with E-state index in [0.717, 1.165) is 85.2 Å². The first-order valence-electron chi connectivity index (χ1n) is 11.1. The largest absolute Gasteiger partial charge is 0.357 e. The third kappa shape index (κ3) is 3.11. The van der Waals surface area contributed by atoms with Gasteiger partial charge < -0.3 is 20.5 Å². The molecule has 3 N–H and O–H groups in total. The summed E-state index contributed by atoms with van der Waals surface area (Å²) in [6, 6.07) is 10.2. The number of piperazine rings is 1. The molecule has 1 amide bonds. The number of aromatic amines is 1. The Balaban J connectivity index is 1.30. The maximum Gasteiger partial charge on any atom is 0.253 e. The third-order valence-corrected chi connectivity index (χ3v) is 7.05. The second-order valence-corrected chi connectivity index (χ2v) is 8.86. The van der Waals surface area contributed by atoms with Crippen LogP contribution in [0.3, 0.4) is 0 Å². The summed E-state index contributed by atoms with van der Waals surface area (Å²) in [6.45, 7) is 4.68. The number of anilines is 1. The summed E-state index contributed by atoms with van der Waals surface area (Å²) in [5, 5.41) is 6.45. The van der Waals surface area contributed by atoms with Crippen molar-refractivity contribution < 1.29 is 4.79 Å². The molecular formula is C24H26N6O. The topological polar surface area (TPSA) is 85.9 Å². The van der Waals surface area contributed by atoms with Crippen molar-refractivity contribution in [1.29, 1.82) is 0 Å². The van der Waals surface area contributed by atoms with E-state index in [1.54, 1.807) is 0 Å². The Morgan fingerprint density at radius 1 is 1.00 bits per heavy atom. The smallest absolute Gasteiger partial charge is 0.253 e. The summed E-state index contributed by atoms with van der Waals surface area (Å²) in [5.41, 5.74) is 5.88. The van der Waals surface area contributed by atoms with Crippen molar-refractivity contribution in [2.75, 3.05) is 37.6 Å². The molecule has 0 unspecified atom stereocenters. The van der Waals surface area contributed by atoms with Crippen LogP contribution >= 0.6 is 0 Å². The normalized spacial score (nSPS) is 19.6. The number of amides is 1. The molecule has 6 rings (SSSR count). The van der Waals surface area contributed by atoms with Crippen LogP contribution in [0.1, 0.15) is 35.3 Å². The minimum atomic E-state index is 0.0250. The highest BCUT2D eigenvalue weighted by Gasteiger charge is 2.45. The van der Waals surface area contributed by atoms with Crippen molar-refractivity contribution in [1.82, 2.24) is 25.6 Å². The molecule has 5 heterocycles. The summed E-state index contributed by atoms with van der Waals surface area (Å²) in [7, 11) is 0. The zero-order valence-corrected chi connectivity index (χ0v) is 17.4. The van der Waals surface area contributed by atoms with Crippen LogP contribution in [0.2, 0.25) is 0 Å². The van der Waals surface area contributed by atoms with Gasteiger partial charge in [0.15, 0.2) is 0 Å². The van der Waals surface area contributed by atoms with E-state index in [2.05, 4.69) is 48.7 Å². The van der Waals surface area contributed by atoms with Gasteiger partial charge in [0.2, 0.25) is 0 Å². The molecule has 158 valence electrons. The van der Waals surface area contributed by atoms with Crippen molar-refractivity contribution in [2.24, 2.45) is 0 Å². The van der Waals surface area contributed by atoms with Crippen molar-refractivity contribution in [3.05, 3.63) is 54.0 Å². The van der Waals surface area contributed by atoms with Crippen LogP contribution in [0.5, 0.6) is 0 Å². The highest BCUT2D eigenvalue weighted by molar-refractivity contribution is 5.98. The summed E-state index contributed by atoms with van der Waals surface area (Å²) >= 11 is 0. The van der Waals surface area contributed by atoms with Crippen LogP contribution < -0.4 is 15.5 Å². The minimum absolute atomic E-state index is 0.0250. The lowest BCUT2D eigenvalue weighted by atomic mass is 9.64. The lowest BCUT2D eigenvalue weighted by Gasteiger charge is -2.44. The van der Waals surface area contributed by atoms with Gasteiger partial charge in [-0.2, -0.15) is 0 Å². The van der Waals surface area contributed by atoms with Gasteiger partial charge in [-0.05, 0) is 43.2 Å². The fourth-order valence-electron chi connectivity index (χ4n) is 5.05. The first kappa shape index (κ1) is 18.6. The Morgan fingerprint density at radius 3 is 2.61 bits per heavy atom. The van der Waals surface area contributed by atoms with Gasteiger partial charge in [0.25, 0.3) is 5.91 Å². The molecule has 0 atom stereocenters. The van der Waals surface area contributed by atoms with Gasteiger partial charge in [-0.15, -0.1) is 0 Å². The van der Waals surface area contributed by atoms with E-state index in [-0.39, 0.29) is 11.3 Å². The molecule has 7 nitrogen and oxygen atoms in total. The number of carbonyl (C=O) groups excluding carboxylic acids is 1. The molecule has 0 aromatic carbocycles. The Morgan fingerprint density at radius 2 is 1.87 bits per heavy atom. The average Bonchev–Trinajstić information content (AvgIpc) is 3.26. The third-order valence-electron chi connectivity index (χ3n) is 7.05. The van der Waals surface area contributed by atoms with Crippen molar-refractivity contribution in [3.8, 4) is 22.5 Å². The molecule has 1 spiro atoms. The van der Waals surface area contributed by atoms with Crippen molar-refractivity contribution in [2.45, 2.75) is 24.7 Å². The Kier molecular flexibility index (Phi) is 4.31. The number of rotatable bonds is 3. The molecule has 3 aromatic rings. The summed E-state index contributed by atoms with van der Waals surface area (Å²) in [6.07, 6.45) is 7.22. The van der Waals surface area contributed by atoms with Gasteiger partial charge in [0.05, 0.1) is 11.3 Å². The Hall–Kier alpha value is -3.19. The quantitative estimate of drug-likeness (QED) is 0.614. The minimum Gasteiger partial charge on any atom is -0.357 e. The van der Waals surface area contributed by atoms with Crippen LogP contribution in [-0.4, -0.2) is 53.6 Å². The van der Waals surface area contributed by atoms with E-state index in [9.17, 15) is 4.79 Å². The van der Waals surface area contributed by atoms with Gasteiger partial charge in [0, 0.05) is 73.0 Å². The van der Waals surface area contributed by atoms with E-state index in [0.29, 0.717) is 0 Å². The maximum atomic E-state index is 12.4. The molecule has 3 aliphatic rings.